The minimum atomic E-state index is -1.56. The van der Waals surface area contributed by atoms with Gasteiger partial charge in [0.1, 0.15) is 5.60 Å². The second kappa shape index (κ2) is 9.82. The Bertz CT molecular complexity index is 1060. The van der Waals surface area contributed by atoms with Crippen LogP contribution in [-0.2, 0) is 35.0 Å². The molecule has 2 aliphatic heterocycles. The topological polar surface area (TPSA) is 82.1 Å². The van der Waals surface area contributed by atoms with Crippen molar-refractivity contribution in [2.45, 2.75) is 58.4 Å². The largest absolute Gasteiger partial charge is 0.465 e. The molecule has 2 heterocycles. The number of ether oxygens (including phenoxy) is 3. The molecule has 0 N–H and O–H groups in total. The number of nitrogens with zero attached hydrogens (tertiary/aromatic N) is 1. The number of amides is 1. The molecule has 7 nitrogen and oxygen atoms in total. The summed E-state index contributed by atoms with van der Waals surface area (Å²) in [5, 5.41) is 0. The van der Waals surface area contributed by atoms with Crippen LogP contribution in [0.3, 0.4) is 0 Å². The summed E-state index contributed by atoms with van der Waals surface area (Å²) < 4.78 is 17.2. The van der Waals surface area contributed by atoms with Gasteiger partial charge in [-0.2, -0.15) is 0 Å². The summed E-state index contributed by atoms with van der Waals surface area (Å²) in [7, 11) is 0. The molecule has 1 amide bonds. The van der Waals surface area contributed by atoms with Gasteiger partial charge < -0.3 is 19.1 Å². The van der Waals surface area contributed by atoms with E-state index in [-0.39, 0.29) is 32.0 Å². The third-order valence-electron chi connectivity index (χ3n) is 6.61. The van der Waals surface area contributed by atoms with Gasteiger partial charge in [-0.15, -0.1) is 0 Å². The van der Waals surface area contributed by atoms with E-state index in [0.29, 0.717) is 0 Å². The molecule has 0 bridgehead atoms. The van der Waals surface area contributed by atoms with Crippen LogP contribution in [0.25, 0.3) is 0 Å². The minimum absolute atomic E-state index is 0.0965. The zero-order chi connectivity index (χ0) is 25.2. The highest BCUT2D eigenvalue weighted by Crippen LogP contribution is 2.53. The monoisotopic (exact) mass is 479 g/mol. The van der Waals surface area contributed by atoms with E-state index < -0.39 is 41.1 Å². The average molecular weight is 480 g/mol. The Kier molecular flexibility index (Phi) is 6.99. The zero-order valence-electron chi connectivity index (χ0n) is 20.7. The fourth-order valence-corrected chi connectivity index (χ4v) is 5.25. The van der Waals surface area contributed by atoms with E-state index in [1.165, 1.54) is 0 Å². The quantitative estimate of drug-likeness (QED) is 0.440. The Labute approximate surface area is 206 Å². The molecular weight excluding hydrogens is 446 g/mol. The van der Waals surface area contributed by atoms with E-state index in [1.807, 2.05) is 60.7 Å². The summed E-state index contributed by atoms with van der Waals surface area (Å²) in [6.07, 6.45) is -0.601. The van der Waals surface area contributed by atoms with Gasteiger partial charge in [0.05, 0.1) is 25.7 Å². The number of hydrogen-bond donors (Lipinski definition) is 0. The first-order valence-corrected chi connectivity index (χ1v) is 12.1. The number of rotatable bonds is 7. The normalized spacial score (nSPS) is 25.9. The fraction of sp³-hybridized carbons (Fsp3) is 0.464. The Morgan fingerprint density at radius 2 is 1.69 bits per heavy atom. The highest BCUT2D eigenvalue weighted by atomic mass is 16.6. The van der Waals surface area contributed by atoms with Gasteiger partial charge in [0.15, 0.2) is 11.6 Å². The number of carbonyl (C=O) groups excluding carboxylic acids is 3. The molecule has 4 atom stereocenters. The van der Waals surface area contributed by atoms with Crippen molar-refractivity contribution in [1.82, 2.24) is 4.90 Å². The lowest BCUT2D eigenvalue weighted by molar-refractivity contribution is -0.167. The predicted octanol–water partition coefficient (Wildman–Crippen LogP) is 4.07. The average Bonchev–Trinajstić information content (AvgIpc) is 3.34. The Morgan fingerprint density at radius 3 is 2.29 bits per heavy atom. The van der Waals surface area contributed by atoms with Crippen molar-refractivity contribution < 1.29 is 28.6 Å². The Balaban J connectivity index is 1.80. The molecule has 0 radical (unpaired) electrons. The molecule has 186 valence electrons. The molecule has 0 unspecified atom stereocenters. The van der Waals surface area contributed by atoms with Gasteiger partial charge in [-0.05, 0) is 39.7 Å². The van der Waals surface area contributed by atoms with E-state index in [1.54, 1.807) is 32.6 Å². The van der Waals surface area contributed by atoms with Gasteiger partial charge in [-0.25, -0.2) is 0 Å². The van der Waals surface area contributed by atoms with Crippen LogP contribution in [0.15, 0.2) is 60.7 Å². The molecule has 0 spiro atoms. The molecule has 0 aliphatic carbocycles. The first-order valence-electron chi connectivity index (χ1n) is 12.1. The summed E-state index contributed by atoms with van der Waals surface area (Å²) in [4.78, 5) is 42.6. The summed E-state index contributed by atoms with van der Waals surface area (Å²) in [5.41, 5.74) is -0.611. The molecule has 2 aliphatic rings. The van der Waals surface area contributed by atoms with Gasteiger partial charge in [-0.1, -0.05) is 60.7 Å². The Hall–Kier alpha value is -3.19. The maximum atomic E-state index is 14.3. The molecule has 2 fully saturated rings. The highest BCUT2D eigenvalue weighted by molar-refractivity contribution is 6.06. The van der Waals surface area contributed by atoms with Gasteiger partial charge in [0.2, 0.25) is 5.91 Å². The first kappa shape index (κ1) is 24.9. The Morgan fingerprint density at radius 1 is 1.06 bits per heavy atom. The maximum Gasteiger partial charge on any atom is 0.322 e. The lowest BCUT2D eigenvalue weighted by Crippen LogP contribution is -2.48. The first-order chi connectivity index (χ1) is 16.7. The van der Waals surface area contributed by atoms with Crippen LogP contribution in [0.1, 0.15) is 51.5 Å². The second-order valence-electron chi connectivity index (χ2n) is 10.1. The predicted molar refractivity (Wildman–Crippen MR) is 129 cm³/mol. The third kappa shape index (κ3) is 4.82. The zero-order valence-corrected chi connectivity index (χ0v) is 20.7. The smallest absolute Gasteiger partial charge is 0.322 e. The van der Waals surface area contributed by atoms with Crippen LogP contribution in [-0.4, -0.2) is 47.6 Å². The molecule has 0 aromatic heterocycles. The van der Waals surface area contributed by atoms with Gasteiger partial charge in [-0.3, -0.25) is 14.4 Å². The molecule has 4 rings (SSSR count). The number of esters is 2. The van der Waals surface area contributed by atoms with Crippen LogP contribution < -0.4 is 0 Å². The summed E-state index contributed by atoms with van der Waals surface area (Å²) in [6, 6.07) is 18.4. The van der Waals surface area contributed by atoms with Gasteiger partial charge >= 0.3 is 11.9 Å². The van der Waals surface area contributed by atoms with Crippen molar-refractivity contribution in [2.75, 3.05) is 13.2 Å². The van der Waals surface area contributed by atoms with E-state index in [9.17, 15) is 14.4 Å². The van der Waals surface area contributed by atoms with E-state index >= 15 is 0 Å². The van der Waals surface area contributed by atoms with Crippen LogP contribution in [0.2, 0.25) is 0 Å². The van der Waals surface area contributed by atoms with Crippen molar-refractivity contribution in [3.05, 3.63) is 71.8 Å². The van der Waals surface area contributed by atoms with Crippen LogP contribution >= 0.6 is 0 Å². The maximum absolute atomic E-state index is 14.3. The van der Waals surface area contributed by atoms with Gasteiger partial charge in [0.25, 0.3) is 0 Å². The summed E-state index contributed by atoms with van der Waals surface area (Å²) in [5.74, 6) is -2.10. The molecule has 2 aromatic rings. The van der Waals surface area contributed by atoms with Gasteiger partial charge in [0, 0.05) is 11.5 Å². The van der Waals surface area contributed by atoms with Crippen molar-refractivity contribution in [2.24, 2.45) is 11.3 Å². The molecule has 0 saturated carbocycles. The summed E-state index contributed by atoms with van der Waals surface area (Å²) >= 11 is 0. The van der Waals surface area contributed by atoms with Crippen molar-refractivity contribution in [1.29, 1.82) is 0 Å². The molecular formula is C28H33NO6. The SMILES string of the molecule is CCOC(=O)[C@@]1(Cc2ccccc2)C(=O)N2[C@@H](c3ccccc3)OC[C@@H]2[C@H]1CC(=O)OC(C)(C)C. The number of fused-ring (bicyclic) bond motifs is 1. The van der Waals surface area contributed by atoms with Crippen molar-refractivity contribution in [3.63, 3.8) is 0 Å². The molecule has 2 aromatic carbocycles. The molecule has 7 heteroatoms. The van der Waals surface area contributed by atoms with Crippen LogP contribution in [0.5, 0.6) is 0 Å². The van der Waals surface area contributed by atoms with Crippen LogP contribution in [0, 0.1) is 11.3 Å². The minimum Gasteiger partial charge on any atom is -0.465 e. The highest BCUT2D eigenvalue weighted by Gasteiger charge is 2.67. The lowest BCUT2D eigenvalue weighted by Gasteiger charge is -2.32. The fourth-order valence-electron chi connectivity index (χ4n) is 5.25. The number of hydrogen-bond acceptors (Lipinski definition) is 6. The standard InChI is InChI=1S/C28H33NO6/c1-5-33-26(32)28(17-19-12-8-6-9-13-19)21(16-23(30)35-27(2,3)4)22-18-34-24(29(22)25(28)31)20-14-10-7-11-15-20/h6-15,21-22,24H,5,16-18H2,1-4H3/t21-,22-,24-,28-/m1/s1. The second-order valence-corrected chi connectivity index (χ2v) is 10.1. The molecule has 2 saturated heterocycles. The third-order valence-corrected chi connectivity index (χ3v) is 6.61. The number of benzene rings is 2. The molecule has 35 heavy (non-hydrogen) atoms. The summed E-state index contributed by atoms with van der Waals surface area (Å²) in [6.45, 7) is 7.45. The lowest BCUT2D eigenvalue weighted by atomic mass is 9.69. The van der Waals surface area contributed by atoms with Crippen molar-refractivity contribution >= 4 is 17.8 Å². The van der Waals surface area contributed by atoms with E-state index in [4.69, 9.17) is 14.2 Å². The van der Waals surface area contributed by atoms with Crippen molar-refractivity contribution in [3.8, 4) is 0 Å². The van der Waals surface area contributed by atoms with Crippen LogP contribution in [0.4, 0.5) is 0 Å². The number of carbonyl (C=O) groups is 3. The van der Waals surface area contributed by atoms with E-state index in [2.05, 4.69) is 0 Å². The van der Waals surface area contributed by atoms with E-state index in [0.717, 1.165) is 11.1 Å².